The van der Waals surface area contributed by atoms with E-state index in [0.29, 0.717) is 35.7 Å². The molecule has 4 rings (SSSR count). The second-order valence-corrected chi connectivity index (χ2v) is 10.2. The molecule has 0 aromatic carbocycles. The van der Waals surface area contributed by atoms with Crippen LogP contribution in [0.4, 0.5) is 0 Å². The molecule has 2 aromatic rings. The highest BCUT2D eigenvalue weighted by molar-refractivity contribution is 5.97. The lowest BCUT2D eigenvalue weighted by atomic mass is 9.79. The minimum Gasteiger partial charge on any atom is -0.293 e. The Balaban J connectivity index is 0.000000203. The molecular formula is C29H45N5O. The number of hydrazine groups is 1. The number of piperidine rings is 1. The number of carbonyl (C=O) groups excluding carboxylic acids is 1. The van der Waals surface area contributed by atoms with Crippen molar-refractivity contribution in [3.05, 3.63) is 60.2 Å². The molecule has 192 valence electrons. The SMILES string of the molecule is CC(=NC1[C@H](C)CCC[C@@H]1C)c1ccccn1.CC(=O)c1ccccn1.C[C@@H]1CCC[C@H](C)N1N. The van der Waals surface area contributed by atoms with Gasteiger partial charge in [-0.05, 0) is 82.6 Å². The highest BCUT2D eigenvalue weighted by atomic mass is 16.1. The molecule has 35 heavy (non-hydrogen) atoms. The molecule has 1 unspecified atom stereocenters. The number of rotatable bonds is 3. The number of hydrogen-bond donors (Lipinski definition) is 1. The van der Waals surface area contributed by atoms with E-state index in [9.17, 15) is 4.79 Å². The van der Waals surface area contributed by atoms with Gasteiger partial charge in [-0.15, -0.1) is 0 Å². The number of Topliss-reactive ketones (excluding diaryl/α,β-unsaturated/α-hetero) is 1. The largest absolute Gasteiger partial charge is 0.293 e. The van der Waals surface area contributed by atoms with Crippen LogP contribution in [-0.2, 0) is 0 Å². The zero-order valence-corrected chi connectivity index (χ0v) is 22.5. The van der Waals surface area contributed by atoms with E-state index in [1.54, 1.807) is 24.4 Å². The Kier molecular flexibility index (Phi) is 12.2. The van der Waals surface area contributed by atoms with E-state index >= 15 is 0 Å². The molecule has 0 spiro atoms. The van der Waals surface area contributed by atoms with Crippen molar-refractivity contribution in [1.82, 2.24) is 15.0 Å². The van der Waals surface area contributed by atoms with Crippen LogP contribution in [-0.4, -0.2) is 44.6 Å². The van der Waals surface area contributed by atoms with Gasteiger partial charge in [0.1, 0.15) is 5.69 Å². The molecule has 0 amide bonds. The third kappa shape index (κ3) is 9.61. The summed E-state index contributed by atoms with van der Waals surface area (Å²) in [5.74, 6) is 7.18. The van der Waals surface area contributed by atoms with Gasteiger partial charge in [-0.1, -0.05) is 38.8 Å². The lowest BCUT2D eigenvalue weighted by molar-refractivity contribution is 0.101. The summed E-state index contributed by atoms with van der Waals surface area (Å²) in [6.07, 6.45) is 11.3. The zero-order chi connectivity index (χ0) is 25.8. The highest BCUT2D eigenvalue weighted by Crippen LogP contribution is 2.31. The van der Waals surface area contributed by atoms with Crippen LogP contribution in [0, 0.1) is 11.8 Å². The zero-order valence-electron chi connectivity index (χ0n) is 22.5. The molecule has 2 aromatic heterocycles. The maximum absolute atomic E-state index is 10.6. The van der Waals surface area contributed by atoms with E-state index in [1.165, 1.54) is 45.4 Å². The third-order valence-corrected chi connectivity index (χ3v) is 7.15. The summed E-state index contributed by atoms with van der Waals surface area (Å²) in [7, 11) is 0. The van der Waals surface area contributed by atoms with Crippen molar-refractivity contribution in [2.24, 2.45) is 22.7 Å². The first-order valence-electron chi connectivity index (χ1n) is 13.1. The predicted octanol–water partition coefficient (Wildman–Crippen LogP) is 6.12. The first-order valence-corrected chi connectivity index (χ1v) is 13.1. The van der Waals surface area contributed by atoms with Gasteiger partial charge in [-0.25, -0.2) is 5.01 Å². The van der Waals surface area contributed by atoms with E-state index in [-0.39, 0.29) is 5.78 Å². The normalized spacial score (nSPS) is 27.1. The lowest BCUT2D eigenvalue weighted by Crippen LogP contribution is -2.48. The van der Waals surface area contributed by atoms with E-state index in [2.05, 4.69) is 44.6 Å². The van der Waals surface area contributed by atoms with Gasteiger partial charge in [-0.3, -0.25) is 25.6 Å². The van der Waals surface area contributed by atoms with Crippen LogP contribution in [0.15, 0.2) is 53.8 Å². The van der Waals surface area contributed by atoms with Gasteiger partial charge in [-0.2, -0.15) is 0 Å². The fraction of sp³-hybridized carbons (Fsp3) is 0.586. The fourth-order valence-electron chi connectivity index (χ4n) is 4.80. The standard InChI is InChI=1S/C15H22N2.C7H16N2.C7H7NO/c1-11-7-6-8-12(2)15(11)17-13(3)14-9-4-5-10-16-14;1-6-4-3-5-7(2)9(6)8;1-6(9)7-4-2-3-5-8-7/h4-5,9-12,15H,6-8H2,1-3H3;6-7H,3-5,8H2,1-2H3;2-5H,1H3/t11-,12+,15?;6-,7+;. The maximum atomic E-state index is 10.6. The molecule has 1 aliphatic heterocycles. The average Bonchev–Trinajstić information content (AvgIpc) is 2.86. The van der Waals surface area contributed by atoms with Crippen LogP contribution in [0.25, 0.3) is 0 Å². The van der Waals surface area contributed by atoms with Crippen LogP contribution in [0.3, 0.4) is 0 Å². The number of aromatic nitrogens is 2. The molecule has 0 radical (unpaired) electrons. The molecule has 1 saturated carbocycles. The Morgan fingerprint density at radius 3 is 1.71 bits per heavy atom. The van der Waals surface area contributed by atoms with Crippen molar-refractivity contribution in [1.29, 1.82) is 0 Å². The van der Waals surface area contributed by atoms with Crippen LogP contribution < -0.4 is 5.84 Å². The topological polar surface area (TPSA) is 84.5 Å². The van der Waals surface area contributed by atoms with Gasteiger partial charge in [0, 0.05) is 31.4 Å². The second-order valence-electron chi connectivity index (χ2n) is 10.2. The van der Waals surface area contributed by atoms with Crippen molar-refractivity contribution in [2.75, 3.05) is 0 Å². The van der Waals surface area contributed by atoms with Gasteiger partial charge in [0.25, 0.3) is 0 Å². The number of carbonyl (C=O) groups is 1. The number of nitrogens with two attached hydrogens (primary N) is 1. The summed E-state index contributed by atoms with van der Waals surface area (Å²) in [6, 6.07) is 12.9. The minimum absolute atomic E-state index is 0.00981. The smallest absolute Gasteiger partial charge is 0.178 e. The maximum Gasteiger partial charge on any atom is 0.178 e. The van der Waals surface area contributed by atoms with Crippen LogP contribution in [0.5, 0.6) is 0 Å². The van der Waals surface area contributed by atoms with Crippen molar-refractivity contribution < 1.29 is 4.79 Å². The third-order valence-electron chi connectivity index (χ3n) is 7.15. The summed E-state index contributed by atoms with van der Waals surface area (Å²) in [5.41, 5.74) is 2.62. The molecule has 1 aliphatic carbocycles. The van der Waals surface area contributed by atoms with E-state index in [4.69, 9.17) is 10.8 Å². The number of aliphatic imine (C=N–C) groups is 1. The number of nitrogens with zero attached hydrogens (tertiary/aromatic N) is 4. The van der Waals surface area contributed by atoms with Gasteiger partial charge < -0.3 is 0 Å². The molecular weight excluding hydrogens is 434 g/mol. The average molecular weight is 480 g/mol. The van der Waals surface area contributed by atoms with Crippen molar-refractivity contribution in [3.8, 4) is 0 Å². The molecule has 2 aliphatic rings. The Bertz CT molecular complexity index is 882. The number of hydrogen-bond acceptors (Lipinski definition) is 6. The second kappa shape index (κ2) is 14.8. The molecule has 2 fully saturated rings. The Labute approximate surface area is 212 Å². The monoisotopic (exact) mass is 479 g/mol. The quantitative estimate of drug-likeness (QED) is 0.325. The van der Waals surface area contributed by atoms with Gasteiger partial charge >= 0.3 is 0 Å². The first-order chi connectivity index (χ1) is 16.7. The summed E-state index contributed by atoms with van der Waals surface area (Å²) < 4.78 is 0. The Morgan fingerprint density at radius 1 is 0.829 bits per heavy atom. The van der Waals surface area contributed by atoms with Crippen LogP contribution in [0.1, 0.15) is 96.2 Å². The van der Waals surface area contributed by atoms with Crippen molar-refractivity contribution >= 4 is 11.5 Å². The van der Waals surface area contributed by atoms with Gasteiger partial charge in [0.15, 0.2) is 5.78 Å². The summed E-state index contributed by atoms with van der Waals surface area (Å²) in [5, 5.41) is 1.98. The van der Waals surface area contributed by atoms with E-state index < -0.39 is 0 Å². The Hall–Kier alpha value is -2.44. The van der Waals surface area contributed by atoms with Crippen LogP contribution >= 0.6 is 0 Å². The van der Waals surface area contributed by atoms with E-state index in [1.807, 2.05) is 29.4 Å². The van der Waals surface area contributed by atoms with Crippen LogP contribution in [0.2, 0.25) is 0 Å². The lowest BCUT2D eigenvalue weighted by Gasteiger charge is -2.34. The minimum atomic E-state index is 0.00981. The van der Waals surface area contributed by atoms with E-state index in [0.717, 1.165) is 11.4 Å². The molecule has 3 heterocycles. The summed E-state index contributed by atoms with van der Waals surface area (Å²) in [6.45, 7) is 12.6. The highest BCUT2D eigenvalue weighted by Gasteiger charge is 2.27. The number of ketones is 1. The molecule has 1 saturated heterocycles. The Morgan fingerprint density at radius 2 is 1.31 bits per heavy atom. The van der Waals surface area contributed by atoms with Gasteiger partial charge in [0.2, 0.25) is 0 Å². The molecule has 2 N–H and O–H groups in total. The molecule has 6 heteroatoms. The predicted molar refractivity (Wildman–Crippen MR) is 145 cm³/mol. The summed E-state index contributed by atoms with van der Waals surface area (Å²) >= 11 is 0. The summed E-state index contributed by atoms with van der Waals surface area (Å²) in [4.78, 5) is 23.7. The fourth-order valence-corrected chi connectivity index (χ4v) is 4.80. The molecule has 6 nitrogen and oxygen atoms in total. The first kappa shape index (κ1) is 28.8. The van der Waals surface area contributed by atoms with Crippen molar-refractivity contribution in [3.63, 3.8) is 0 Å². The molecule has 0 bridgehead atoms. The number of pyridine rings is 2. The van der Waals surface area contributed by atoms with Crippen molar-refractivity contribution in [2.45, 2.75) is 98.2 Å². The molecule has 5 atom stereocenters. The van der Waals surface area contributed by atoms with Gasteiger partial charge in [0.05, 0.1) is 17.4 Å².